The number of rotatable bonds is 4. The van der Waals surface area contributed by atoms with E-state index in [0.29, 0.717) is 12.0 Å². The summed E-state index contributed by atoms with van der Waals surface area (Å²) < 4.78 is 13.0. The molecule has 0 spiro atoms. The Morgan fingerprint density at radius 2 is 2.00 bits per heavy atom. The van der Waals surface area contributed by atoms with Crippen LogP contribution in [0.1, 0.15) is 29.8 Å². The van der Waals surface area contributed by atoms with Crippen LogP contribution in [0.5, 0.6) is 0 Å². The number of nitrogens with one attached hydrogen (secondary N) is 2. The van der Waals surface area contributed by atoms with E-state index in [9.17, 15) is 9.18 Å². The highest BCUT2D eigenvalue weighted by atomic mass is 19.1. The fraction of sp³-hybridized carbons (Fsp3) is 0.222. The van der Waals surface area contributed by atoms with Crippen molar-refractivity contribution in [2.75, 3.05) is 0 Å². The van der Waals surface area contributed by atoms with Gasteiger partial charge in [-0.2, -0.15) is 0 Å². The standard InChI is InChI=1S/C18H18FN3O/c1-18(2,10-12-3-5-15(19)6-4-12)22-17(23)14-9-13-7-8-20-16(13)21-11-14/h3-9,11H,10H2,1-2H3,(H,20,21)(H,22,23). The number of hydrogen-bond donors (Lipinski definition) is 2. The number of pyridine rings is 1. The summed E-state index contributed by atoms with van der Waals surface area (Å²) in [5.74, 6) is -0.436. The van der Waals surface area contributed by atoms with Crippen LogP contribution in [0, 0.1) is 5.82 Å². The summed E-state index contributed by atoms with van der Waals surface area (Å²) in [7, 11) is 0. The van der Waals surface area contributed by atoms with Crippen molar-refractivity contribution >= 4 is 16.9 Å². The van der Waals surface area contributed by atoms with Crippen molar-refractivity contribution in [2.24, 2.45) is 0 Å². The summed E-state index contributed by atoms with van der Waals surface area (Å²) in [6.45, 7) is 3.88. The monoisotopic (exact) mass is 311 g/mol. The highest BCUT2D eigenvalue weighted by Gasteiger charge is 2.22. The lowest BCUT2D eigenvalue weighted by atomic mass is 9.94. The number of nitrogens with zero attached hydrogens (tertiary/aromatic N) is 1. The van der Waals surface area contributed by atoms with Gasteiger partial charge in [0.25, 0.3) is 5.91 Å². The summed E-state index contributed by atoms with van der Waals surface area (Å²) in [5, 5.41) is 3.91. The minimum atomic E-state index is -0.456. The summed E-state index contributed by atoms with van der Waals surface area (Å²) >= 11 is 0. The first kappa shape index (κ1) is 15.2. The lowest BCUT2D eigenvalue weighted by molar-refractivity contribution is 0.0913. The Bertz CT molecular complexity index is 837. The Balaban J connectivity index is 1.73. The molecule has 0 saturated heterocycles. The van der Waals surface area contributed by atoms with Gasteiger partial charge >= 0.3 is 0 Å². The first-order valence-corrected chi connectivity index (χ1v) is 7.43. The average Bonchev–Trinajstić information content (AvgIpc) is 2.96. The molecule has 2 N–H and O–H groups in total. The van der Waals surface area contributed by atoms with E-state index in [4.69, 9.17) is 0 Å². The van der Waals surface area contributed by atoms with Crippen molar-refractivity contribution in [1.29, 1.82) is 0 Å². The maximum Gasteiger partial charge on any atom is 0.253 e. The molecule has 2 heterocycles. The van der Waals surface area contributed by atoms with Crippen LogP contribution < -0.4 is 5.32 Å². The Morgan fingerprint density at radius 1 is 1.26 bits per heavy atom. The summed E-state index contributed by atoms with van der Waals surface area (Å²) in [5.41, 5.74) is 1.79. The molecule has 1 amide bonds. The number of H-pyrrole nitrogens is 1. The van der Waals surface area contributed by atoms with Gasteiger partial charge in [0.05, 0.1) is 5.56 Å². The molecule has 0 aliphatic carbocycles. The third-order valence-corrected chi connectivity index (χ3v) is 3.67. The summed E-state index contributed by atoms with van der Waals surface area (Å²) in [6, 6.07) is 10.0. The SMILES string of the molecule is CC(C)(Cc1ccc(F)cc1)NC(=O)c1cnc2[nH]ccc2c1. The molecular formula is C18H18FN3O. The Labute approximate surface area is 133 Å². The second-order valence-electron chi connectivity index (χ2n) is 6.28. The van der Waals surface area contributed by atoms with Crippen LogP contribution in [0.25, 0.3) is 11.0 Å². The van der Waals surface area contributed by atoms with Gasteiger partial charge in [-0.05, 0) is 50.1 Å². The lowest BCUT2D eigenvalue weighted by Gasteiger charge is -2.26. The number of aromatic amines is 1. The average molecular weight is 311 g/mol. The van der Waals surface area contributed by atoms with E-state index in [1.54, 1.807) is 24.5 Å². The molecule has 23 heavy (non-hydrogen) atoms. The fourth-order valence-electron chi connectivity index (χ4n) is 2.60. The van der Waals surface area contributed by atoms with E-state index in [2.05, 4.69) is 15.3 Å². The molecule has 118 valence electrons. The second kappa shape index (κ2) is 5.83. The molecule has 1 aromatic carbocycles. The van der Waals surface area contributed by atoms with Crippen LogP contribution in [0.2, 0.25) is 0 Å². The number of amides is 1. The lowest BCUT2D eigenvalue weighted by Crippen LogP contribution is -2.45. The number of carbonyl (C=O) groups is 1. The van der Waals surface area contributed by atoms with Crippen LogP contribution in [0.15, 0.2) is 48.8 Å². The quantitative estimate of drug-likeness (QED) is 0.775. The van der Waals surface area contributed by atoms with Crippen LogP contribution in [0.3, 0.4) is 0 Å². The molecule has 3 aromatic rings. The van der Waals surface area contributed by atoms with Crippen molar-refractivity contribution in [2.45, 2.75) is 25.8 Å². The third-order valence-electron chi connectivity index (χ3n) is 3.67. The number of hydrogen-bond acceptors (Lipinski definition) is 2. The van der Waals surface area contributed by atoms with Crippen molar-refractivity contribution < 1.29 is 9.18 Å². The first-order chi connectivity index (χ1) is 10.9. The Hall–Kier alpha value is -2.69. The number of benzene rings is 1. The maximum absolute atomic E-state index is 13.0. The van der Waals surface area contributed by atoms with Crippen molar-refractivity contribution in [3.05, 3.63) is 65.7 Å². The van der Waals surface area contributed by atoms with Crippen molar-refractivity contribution in [1.82, 2.24) is 15.3 Å². The number of halogens is 1. The molecular weight excluding hydrogens is 293 g/mol. The van der Waals surface area contributed by atoms with E-state index in [-0.39, 0.29) is 11.7 Å². The highest BCUT2D eigenvalue weighted by Crippen LogP contribution is 2.16. The normalized spacial score (nSPS) is 11.6. The molecule has 0 saturated carbocycles. The minimum absolute atomic E-state index is 0.173. The zero-order valence-electron chi connectivity index (χ0n) is 13.1. The maximum atomic E-state index is 13.0. The minimum Gasteiger partial charge on any atom is -0.347 e. The van der Waals surface area contributed by atoms with Gasteiger partial charge in [-0.1, -0.05) is 12.1 Å². The highest BCUT2D eigenvalue weighted by molar-refractivity contribution is 5.97. The zero-order valence-corrected chi connectivity index (χ0v) is 13.1. The van der Waals surface area contributed by atoms with Crippen LogP contribution in [0.4, 0.5) is 4.39 Å². The molecule has 4 nitrogen and oxygen atoms in total. The molecule has 3 rings (SSSR count). The molecule has 0 bridgehead atoms. The fourth-order valence-corrected chi connectivity index (χ4v) is 2.60. The topological polar surface area (TPSA) is 57.8 Å². The molecule has 0 aliphatic rings. The van der Waals surface area contributed by atoms with Gasteiger partial charge in [-0.25, -0.2) is 9.37 Å². The Morgan fingerprint density at radius 3 is 2.74 bits per heavy atom. The summed E-state index contributed by atoms with van der Waals surface area (Å²) in [6.07, 6.45) is 3.96. The van der Waals surface area contributed by atoms with Crippen LogP contribution in [-0.2, 0) is 6.42 Å². The van der Waals surface area contributed by atoms with Crippen LogP contribution in [-0.4, -0.2) is 21.4 Å². The number of aromatic nitrogens is 2. The number of fused-ring (bicyclic) bond motifs is 1. The van der Waals surface area contributed by atoms with Crippen molar-refractivity contribution in [3.8, 4) is 0 Å². The molecule has 5 heteroatoms. The van der Waals surface area contributed by atoms with E-state index in [1.807, 2.05) is 26.0 Å². The molecule has 0 radical (unpaired) electrons. The van der Waals surface area contributed by atoms with Gasteiger partial charge < -0.3 is 10.3 Å². The smallest absolute Gasteiger partial charge is 0.253 e. The second-order valence-corrected chi connectivity index (χ2v) is 6.28. The molecule has 0 atom stereocenters. The molecule has 0 aliphatic heterocycles. The molecule has 2 aromatic heterocycles. The van der Waals surface area contributed by atoms with E-state index < -0.39 is 5.54 Å². The van der Waals surface area contributed by atoms with Gasteiger partial charge in [-0.15, -0.1) is 0 Å². The van der Waals surface area contributed by atoms with Crippen molar-refractivity contribution in [3.63, 3.8) is 0 Å². The zero-order chi connectivity index (χ0) is 16.4. The van der Waals surface area contributed by atoms with Gasteiger partial charge in [0, 0.05) is 23.3 Å². The largest absolute Gasteiger partial charge is 0.347 e. The predicted molar refractivity (Wildman–Crippen MR) is 87.7 cm³/mol. The van der Waals surface area contributed by atoms with E-state index in [1.165, 1.54) is 12.1 Å². The van der Waals surface area contributed by atoms with E-state index >= 15 is 0 Å². The van der Waals surface area contributed by atoms with Gasteiger partial charge in [-0.3, -0.25) is 4.79 Å². The molecule has 0 unspecified atom stereocenters. The predicted octanol–water partition coefficient (Wildman–Crippen LogP) is 3.45. The Kier molecular flexibility index (Phi) is 3.86. The molecule has 0 fully saturated rings. The summed E-state index contributed by atoms with van der Waals surface area (Å²) in [4.78, 5) is 19.7. The first-order valence-electron chi connectivity index (χ1n) is 7.43. The third kappa shape index (κ3) is 3.56. The van der Waals surface area contributed by atoms with Gasteiger partial charge in [0.2, 0.25) is 0 Å². The van der Waals surface area contributed by atoms with E-state index in [0.717, 1.165) is 16.6 Å². The number of carbonyl (C=O) groups excluding carboxylic acids is 1. The van der Waals surface area contributed by atoms with Crippen LogP contribution >= 0.6 is 0 Å². The van der Waals surface area contributed by atoms with Gasteiger partial charge in [0.15, 0.2) is 0 Å². The van der Waals surface area contributed by atoms with Gasteiger partial charge in [0.1, 0.15) is 11.5 Å².